The molecular formula is C14H12N2O2S. The number of nitriles is 1. The summed E-state index contributed by atoms with van der Waals surface area (Å²) in [6.45, 7) is 0. The monoisotopic (exact) mass is 272 g/mol. The van der Waals surface area contributed by atoms with Crippen molar-refractivity contribution >= 4 is 10.0 Å². The number of rotatable bonds is 3. The van der Waals surface area contributed by atoms with E-state index in [4.69, 9.17) is 5.14 Å². The standard InChI is InChI=1S/C14H12N2O2S/c15-10-14(11-4-2-1-3-5-11)12-6-8-13(9-7-12)19(16,17)18/h1-9,14H,(H2,16,17,18). The molecule has 5 heteroatoms. The number of nitrogens with two attached hydrogens (primary N) is 1. The van der Waals surface area contributed by atoms with Gasteiger partial charge in [-0.2, -0.15) is 5.26 Å². The topological polar surface area (TPSA) is 83.9 Å². The first-order chi connectivity index (χ1) is 9.02. The van der Waals surface area contributed by atoms with E-state index >= 15 is 0 Å². The van der Waals surface area contributed by atoms with Gasteiger partial charge in [-0.3, -0.25) is 0 Å². The van der Waals surface area contributed by atoms with Gasteiger partial charge in [0, 0.05) is 0 Å². The lowest BCUT2D eigenvalue weighted by atomic mass is 9.93. The van der Waals surface area contributed by atoms with Crippen LogP contribution in [0, 0.1) is 11.3 Å². The van der Waals surface area contributed by atoms with Crippen molar-refractivity contribution in [2.24, 2.45) is 5.14 Å². The van der Waals surface area contributed by atoms with Crippen LogP contribution < -0.4 is 5.14 Å². The average Bonchev–Trinajstić information content (AvgIpc) is 2.40. The van der Waals surface area contributed by atoms with Crippen molar-refractivity contribution in [2.75, 3.05) is 0 Å². The van der Waals surface area contributed by atoms with Gasteiger partial charge in [0.1, 0.15) is 0 Å². The maximum absolute atomic E-state index is 11.2. The van der Waals surface area contributed by atoms with Crippen LogP contribution in [0.4, 0.5) is 0 Å². The molecule has 19 heavy (non-hydrogen) atoms. The Kier molecular flexibility index (Phi) is 3.65. The van der Waals surface area contributed by atoms with Crippen LogP contribution in [0.25, 0.3) is 0 Å². The summed E-state index contributed by atoms with van der Waals surface area (Å²) in [5.41, 5.74) is 1.61. The van der Waals surface area contributed by atoms with E-state index in [0.29, 0.717) is 0 Å². The number of benzene rings is 2. The lowest BCUT2D eigenvalue weighted by molar-refractivity contribution is 0.598. The second-order valence-electron chi connectivity index (χ2n) is 4.09. The molecule has 2 N–H and O–H groups in total. The van der Waals surface area contributed by atoms with Crippen molar-refractivity contribution < 1.29 is 8.42 Å². The fourth-order valence-electron chi connectivity index (χ4n) is 1.84. The first-order valence-electron chi connectivity index (χ1n) is 5.59. The molecule has 0 aliphatic carbocycles. The van der Waals surface area contributed by atoms with Gasteiger partial charge in [-0.1, -0.05) is 42.5 Å². The molecule has 2 rings (SSSR count). The summed E-state index contributed by atoms with van der Waals surface area (Å²) in [5.74, 6) is -0.421. The van der Waals surface area contributed by atoms with Crippen LogP contribution in [0.2, 0.25) is 0 Å². The van der Waals surface area contributed by atoms with Crippen molar-refractivity contribution in [2.45, 2.75) is 10.8 Å². The van der Waals surface area contributed by atoms with E-state index in [-0.39, 0.29) is 4.90 Å². The Bertz CT molecular complexity index is 701. The molecule has 0 fully saturated rings. The number of nitrogens with zero attached hydrogens (tertiary/aromatic N) is 1. The van der Waals surface area contributed by atoms with Gasteiger partial charge in [0.2, 0.25) is 10.0 Å². The summed E-state index contributed by atoms with van der Waals surface area (Å²) in [6.07, 6.45) is 0. The quantitative estimate of drug-likeness (QED) is 0.927. The van der Waals surface area contributed by atoms with Crippen molar-refractivity contribution in [3.05, 3.63) is 65.7 Å². The van der Waals surface area contributed by atoms with Crippen LogP contribution in [0.15, 0.2) is 59.5 Å². The van der Waals surface area contributed by atoms with E-state index in [1.165, 1.54) is 12.1 Å². The summed E-state index contributed by atoms with van der Waals surface area (Å²) >= 11 is 0. The molecule has 0 aromatic heterocycles. The van der Waals surface area contributed by atoms with Crippen LogP contribution in [0.3, 0.4) is 0 Å². The second-order valence-corrected chi connectivity index (χ2v) is 5.65. The highest BCUT2D eigenvalue weighted by Crippen LogP contribution is 2.24. The maximum atomic E-state index is 11.2. The summed E-state index contributed by atoms with van der Waals surface area (Å²) < 4.78 is 22.3. The Labute approximate surface area is 112 Å². The third kappa shape index (κ3) is 2.99. The van der Waals surface area contributed by atoms with Gasteiger partial charge < -0.3 is 0 Å². The first-order valence-corrected chi connectivity index (χ1v) is 7.14. The fourth-order valence-corrected chi connectivity index (χ4v) is 2.35. The minimum Gasteiger partial charge on any atom is -0.225 e. The van der Waals surface area contributed by atoms with Crippen LogP contribution in [0.5, 0.6) is 0 Å². The number of hydrogen-bond acceptors (Lipinski definition) is 3. The van der Waals surface area contributed by atoms with E-state index in [1.54, 1.807) is 12.1 Å². The van der Waals surface area contributed by atoms with E-state index in [1.807, 2.05) is 30.3 Å². The van der Waals surface area contributed by atoms with Gasteiger partial charge in [-0.25, -0.2) is 13.6 Å². The molecule has 4 nitrogen and oxygen atoms in total. The normalized spacial score (nSPS) is 12.6. The molecule has 1 atom stereocenters. The van der Waals surface area contributed by atoms with Gasteiger partial charge in [0.15, 0.2) is 0 Å². The number of primary sulfonamides is 1. The van der Waals surface area contributed by atoms with E-state index in [0.717, 1.165) is 11.1 Å². The van der Waals surface area contributed by atoms with Gasteiger partial charge in [-0.05, 0) is 23.3 Å². The van der Waals surface area contributed by atoms with Crippen molar-refractivity contribution in [1.29, 1.82) is 5.26 Å². The third-order valence-corrected chi connectivity index (χ3v) is 3.73. The third-order valence-electron chi connectivity index (χ3n) is 2.80. The Morgan fingerprint density at radius 1 is 0.947 bits per heavy atom. The highest BCUT2D eigenvalue weighted by atomic mass is 32.2. The minimum absolute atomic E-state index is 0.0426. The SMILES string of the molecule is N#CC(c1ccccc1)c1ccc(S(N)(=O)=O)cc1. The molecule has 0 aliphatic rings. The zero-order chi connectivity index (χ0) is 13.9. The molecule has 0 aliphatic heterocycles. The lowest BCUT2D eigenvalue weighted by Gasteiger charge is -2.10. The van der Waals surface area contributed by atoms with E-state index in [2.05, 4.69) is 6.07 Å². The second kappa shape index (κ2) is 5.22. The molecule has 0 bridgehead atoms. The molecule has 0 saturated carbocycles. The smallest absolute Gasteiger partial charge is 0.225 e. The van der Waals surface area contributed by atoms with Gasteiger partial charge >= 0.3 is 0 Å². The molecule has 96 valence electrons. The van der Waals surface area contributed by atoms with Crippen LogP contribution in [-0.2, 0) is 10.0 Å². The Morgan fingerprint density at radius 3 is 1.95 bits per heavy atom. The van der Waals surface area contributed by atoms with Gasteiger partial charge in [0.25, 0.3) is 0 Å². The number of sulfonamides is 1. The Morgan fingerprint density at radius 2 is 1.47 bits per heavy atom. The Hall–Kier alpha value is -2.16. The molecule has 0 spiro atoms. The summed E-state index contributed by atoms with van der Waals surface area (Å²) in [6, 6.07) is 17.6. The van der Waals surface area contributed by atoms with Gasteiger partial charge in [0.05, 0.1) is 16.9 Å². The highest BCUT2D eigenvalue weighted by Gasteiger charge is 2.14. The zero-order valence-electron chi connectivity index (χ0n) is 10.0. The van der Waals surface area contributed by atoms with Crippen molar-refractivity contribution in [3.63, 3.8) is 0 Å². The van der Waals surface area contributed by atoms with Crippen molar-refractivity contribution in [1.82, 2.24) is 0 Å². The molecule has 2 aromatic rings. The maximum Gasteiger partial charge on any atom is 0.238 e. The lowest BCUT2D eigenvalue weighted by Crippen LogP contribution is -2.12. The molecule has 1 unspecified atom stereocenters. The fraction of sp³-hybridized carbons (Fsp3) is 0.0714. The first kappa shape index (κ1) is 13.3. The number of hydrogen-bond donors (Lipinski definition) is 1. The highest BCUT2D eigenvalue weighted by molar-refractivity contribution is 7.89. The van der Waals surface area contributed by atoms with E-state index in [9.17, 15) is 13.7 Å². The molecule has 0 heterocycles. The van der Waals surface area contributed by atoms with Crippen molar-refractivity contribution in [3.8, 4) is 6.07 Å². The molecule has 0 amide bonds. The summed E-state index contributed by atoms with van der Waals surface area (Å²) in [5, 5.41) is 14.3. The van der Waals surface area contributed by atoms with Gasteiger partial charge in [-0.15, -0.1) is 0 Å². The largest absolute Gasteiger partial charge is 0.238 e. The molecule has 0 radical (unpaired) electrons. The molecule has 2 aromatic carbocycles. The average molecular weight is 272 g/mol. The summed E-state index contributed by atoms with van der Waals surface area (Å²) in [7, 11) is -3.70. The zero-order valence-corrected chi connectivity index (χ0v) is 10.8. The predicted octanol–water partition coefficient (Wildman–Crippen LogP) is 1.99. The molecule has 0 saturated heterocycles. The van der Waals surface area contributed by atoms with Crippen LogP contribution in [0.1, 0.15) is 17.0 Å². The minimum atomic E-state index is -3.70. The van der Waals surface area contributed by atoms with Crippen LogP contribution >= 0.6 is 0 Å². The van der Waals surface area contributed by atoms with Crippen LogP contribution in [-0.4, -0.2) is 8.42 Å². The molecular weight excluding hydrogens is 260 g/mol. The van der Waals surface area contributed by atoms with E-state index < -0.39 is 15.9 Å². The summed E-state index contributed by atoms with van der Waals surface area (Å²) in [4.78, 5) is 0.0426. The Balaban J connectivity index is 2.39. The predicted molar refractivity (Wildman–Crippen MR) is 71.7 cm³/mol.